The number of nitrogens with zero attached hydrogens (tertiary/aromatic N) is 3. The highest BCUT2D eigenvalue weighted by Gasteiger charge is 2.28. The molecule has 1 saturated heterocycles. The Morgan fingerprint density at radius 2 is 1.96 bits per heavy atom. The molecule has 2 aromatic rings. The molecule has 1 amide bonds. The standard InChI is InChI=1S/C19H26BN3O3/c1-19(2,3)26-18(25)22-9-7-14(8-10-22)23-12-21-16-6-5-13(20-4)11-15(16)17(23)24/h5-6,11-12,14,20H,7-10H2,1-4H3. The molecule has 2 heterocycles. The Hall–Kier alpha value is -2.31. The van der Waals surface area contributed by atoms with Crippen LogP contribution in [0.2, 0.25) is 6.82 Å². The fourth-order valence-corrected chi connectivity index (χ4v) is 3.32. The summed E-state index contributed by atoms with van der Waals surface area (Å²) < 4.78 is 7.16. The van der Waals surface area contributed by atoms with E-state index >= 15 is 0 Å². The highest BCUT2D eigenvalue weighted by Crippen LogP contribution is 2.23. The van der Waals surface area contributed by atoms with E-state index in [1.165, 1.54) is 0 Å². The van der Waals surface area contributed by atoms with Gasteiger partial charge in [0.25, 0.3) is 5.56 Å². The number of carbonyl (C=O) groups excluding carboxylic acids is 1. The molecule has 1 aliphatic rings. The van der Waals surface area contributed by atoms with E-state index in [1.54, 1.807) is 15.8 Å². The number of aromatic nitrogens is 2. The van der Waals surface area contributed by atoms with Gasteiger partial charge in [0.2, 0.25) is 0 Å². The maximum absolute atomic E-state index is 12.9. The lowest BCUT2D eigenvalue weighted by molar-refractivity contribution is 0.0187. The van der Waals surface area contributed by atoms with Crippen molar-refractivity contribution in [1.82, 2.24) is 14.5 Å². The number of benzene rings is 1. The van der Waals surface area contributed by atoms with Crippen molar-refractivity contribution in [3.05, 3.63) is 34.9 Å². The molecule has 26 heavy (non-hydrogen) atoms. The van der Waals surface area contributed by atoms with E-state index in [0.29, 0.717) is 18.5 Å². The summed E-state index contributed by atoms with van der Waals surface area (Å²) in [4.78, 5) is 31.3. The molecule has 0 saturated carbocycles. The van der Waals surface area contributed by atoms with Crippen LogP contribution in [0.25, 0.3) is 10.9 Å². The lowest BCUT2D eigenvalue weighted by Crippen LogP contribution is -2.43. The van der Waals surface area contributed by atoms with Crippen LogP contribution in [-0.4, -0.2) is 46.5 Å². The smallest absolute Gasteiger partial charge is 0.410 e. The third-order valence-electron chi connectivity index (χ3n) is 4.76. The van der Waals surface area contributed by atoms with Gasteiger partial charge in [0.1, 0.15) is 5.60 Å². The third kappa shape index (κ3) is 3.92. The first kappa shape index (κ1) is 18.5. The van der Waals surface area contributed by atoms with E-state index < -0.39 is 5.60 Å². The Morgan fingerprint density at radius 1 is 1.27 bits per heavy atom. The van der Waals surface area contributed by atoms with Gasteiger partial charge in [-0.2, -0.15) is 0 Å². The van der Waals surface area contributed by atoms with Gasteiger partial charge in [-0.25, -0.2) is 9.78 Å². The Kier molecular flexibility index (Phi) is 5.07. The van der Waals surface area contributed by atoms with Gasteiger partial charge in [-0.05, 0) is 39.7 Å². The minimum Gasteiger partial charge on any atom is -0.444 e. The topological polar surface area (TPSA) is 64.4 Å². The summed E-state index contributed by atoms with van der Waals surface area (Å²) in [7, 11) is 0.887. The second-order valence-electron chi connectivity index (χ2n) is 7.86. The molecule has 0 aliphatic carbocycles. The van der Waals surface area contributed by atoms with Crippen LogP contribution in [0.5, 0.6) is 0 Å². The number of fused-ring (bicyclic) bond motifs is 1. The van der Waals surface area contributed by atoms with Crippen LogP contribution < -0.4 is 11.0 Å². The second-order valence-corrected chi connectivity index (χ2v) is 7.86. The largest absolute Gasteiger partial charge is 0.444 e. The van der Waals surface area contributed by atoms with Crippen LogP contribution in [0.1, 0.15) is 39.7 Å². The van der Waals surface area contributed by atoms with E-state index in [9.17, 15) is 9.59 Å². The normalized spacial score (nSPS) is 15.9. The third-order valence-corrected chi connectivity index (χ3v) is 4.76. The molecule has 1 aromatic carbocycles. The first-order valence-electron chi connectivity index (χ1n) is 9.26. The summed E-state index contributed by atoms with van der Waals surface area (Å²) in [5.74, 6) is 0. The van der Waals surface area contributed by atoms with E-state index in [-0.39, 0.29) is 17.7 Å². The first-order valence-corrected chi connectivity index (χ1v) is 9.26. The summed E-state index contributed by atoms with van der Waals surface area (Å²) in [6.07, 6.45) is 2.80. The highest BCUT2D eigenvalue weighted by molar-refractivity contribution is 6.52. The van der Waals surface area contributed by atoms with Crippen LogP contribution in [0.4, 0.5) is 4.79 Å². The predicted octanol–water partition coefficient (Wildman–Crippen LogP) is 2.08. The molecule has 7 heteroatoms. The Morgan fingerprint density at radius 3 is 2.58 bits per heavy atom. The molecule has 0 bridgehead atoms. The van der Waals surface area contributed by atoms with Crippen molar-refractivity contribution in [2.45, 2.75) is 52.1 Å². The van der Waals surface area contributed by atoms with Crippen molar-refractivity contribution < 1.29 is 9.53 Å². The molecule has 1 aromatic heterocycles. The van der Waals surface area contributed by atoms with Crippen LogP contribution in [0, 0.1) is 0 Å². The average molecular weight is 355 g/mol. The maximum atomic E-state index is 12.9. The van der Waals surface area contributed by atoms with Crippen molar-refractivity contribution >= 4 is 29.7 Å². The fraction of sp³-hybridized carbons (Fsp3) is 0.526. The molecule has 0 N–H and O–H groups in total. The van der Waals surface area contributed by atoms with Gasteiger partial charge in [-0.3, -0.25) is 9.36 Å². The van der Waals surface area contributed by atoms with Gasteiger partial charge < -0.3 is 9.64 Å². The number of likely N-dealkylation sites (tertiary alicyclic amines) is 1. The molecule has 1 aliphatic heterocycles. The molecule has 1 fully saturated rings. The molecular formula is C19H26BN3O3. The van der Waals surface area contributed by atoms with Crippen molar-refractivity contribution in [2.75, 3.05) is 13.1 Å². The Bertz CT molecular complexity index is 864. The number of piperidine rings is 1. The molecule has 0 atom stereocenters. The molecule has 0 unspecified atom stereocenters. The number of ether oxygens (including phenoxy) is 1. The summed E-state index contributed by atoms with van der Waals surface area (Å²) in [6, 6.07) is 5.92. The number of rotatable bonds is 2. The van der Waals surface area contributed by atoms with Crippen molar-refractivity contribution in [1.29, 1.82) is 0 Å². The molecule has 138 valence electrons. The van der Waals surface area contributed by atoms with Gasteiger partial charge in [-0.15, -0.1) is 0 Å². The quantitative estimate of drug-likeness (QED) is 0.774. The predicted molar refractivity (Wildman–Crippen MR) is 105 cm³/mol. The summed E-state index contributed by atoms with van der Waals surface area (Å²) in [6.45, 7) is 8.83. The average Bonchev–Trinajstić information content (AvgIpc) is 2.60. The fourth-order valence-electron chi connectivity index (χ4n) is 3.32. The van der Waals surface area contributed by atoms with Crippen LogP contribution >= 0.6 is 0 Å². The molecule has 0 spiro atoms. The highest BCUT2D eigenvalue weighted by atomic mass is 16.6. The van der Waals surface area contributed by atoms with Crippen LogP contribution in [-0.2, 0) is 4.74 Å². The summed E-state index contributed by atoms with van der Waals surface area (Å²) in [5.41, 5.74) is 1.37. The monoisotopic (exact) mass is 355 g/mol. The van der Waals surface area contributed by atoms with Crippen molar-refractivity contribution in [3.8, 4) is 0 Å². The number of amides is 1. The lowest BCUT2D eigenvalue weighted by atomic mass is 9.73. The lowest BCUT2D eigenvalue weighted by Gasteiger charge is -2.34. The second kappa shape index (κ2) is 7.13. The van der Waals surface area contributed by atoms with E-state index in [2.05, 4.69) is 11.8 Å². The number of hydrogen-bond acceptors (Lipinski definition) is 4. The summed E-state index contributed by atoms with van der Waals surface area (Å²) in [5, 5.41) is 0.668. The maximum Gasteiger partial charge on any atom is 0.410 e. The molecule has 0 radical (unpaired) electrons. The van der Waals surface area contributed by atoms with Crippen LogP contribution in [0.15, 0.2) is 29.3 Å². The first-order chi connectivity index (χ1) is 12.3. The van der Waals surface area contributed by atoms with Gasteiger partial charge in [0.05, 0.1) is 17.2 Å². The zero-order chi connectivity index (χ0) is 18.9. The van der Waals surface area contributed by atoms with Gasteiger partial charge in [-0.1, -0.05) is 24.4 Å². The van der Waals surface area contributed by atoms with E-state index in [4.69, 9.17) is 4.74 Å². The Labute approximate surface area is 154 Å². The van der Waals surface area contributed by atoms with Gasteiger partial charge in [0.15, 0.2) is 7.28 Å². The van der Waals surface area contributed by atoms with Crippen molar-refractivity contribution in [2.24, 2.45) is 0 Å². The number of carbonyl (C=O) groups is 1. The van der Waals surface area contributed by atoms with Crippen LogP contribution in [0.3, 0.4) is 0 Å². The number of hydrogen-bond donors (Lipinski definition) is 0. The van der Waals surface area contributed by atoms with Gasteiger partial charge >= 0.3 is 6.09 Å². The van der Waals surface area contributed by atoms with E-state index in [1.807, 2.05) is 39.0 Å². The molecule has 3 rings (SSSR count). The summed E-state index contributed by atoms with van der Waals surface area (Å²) >= 11 is 0. The van der Waals surface area contributed by atoms with E-state index in [0.717, 1.165) is 31.1 Å². The molecular weight excluding hydrogens is 329 g/mol. The SMILES string of the molecule is CBc1ccc2ncn(C3CCN(C(=O)OC(C)(C)C)CC3)c(=O)c2c1. The Balaban J connectivity index is 1.76. The molecule has 6 nitrogen and oxygen atoms in total. The zero-order valence-electron chi connectivity index (χ0n) is 16.0. The van der Waals surface area contributed by atoms with Gasteiger partial charge in [0, 0.05) is 19.1 Å². The van der Waals surface area contributed by atoms with Crippen molar-refractivity contribution in [3.63, 3.8) is 0 Å². The minimum absolute atomic E-state index is 0.000943. The minimum atomic E-state index is -0.496. The zero-order valence-corrected chi connectivity index (χ0v) is 16.0.